The van der Waals surface area contributed by atoms with Crippen molar-refractivity contribution in [1.82, 2.24) is 10.2 Å². The van der Waals surface area contributed by atoms with Crippen LogP contribution in [-0.2, 0) is 4.74 Å². The Kier molecular flexibility index (Phi) is 6.48. The fourth-order valence-corrected chi connectivity index (χ4v) is 3.75. The highest BCUT2D eigenvalue weighted by molar-refractivity contribution is 4.96. The Balaban J connectivity index is 1.69. The van der Waals surface area contributed by atoms with Crippen molar-refractivity contribution in [3.05, 3.63) is 11.6 Å². The van der Waals surface area contributed by atoms with E-state index in [4.69, 9.17) is 4.74 Å². The molecule has 2 rings (SSSR count). The Labute approximate surface area is 137 Å². The van der Waals surface area contributed by atoms with E-state index in [2.05, 4.69) is 50.9 Å². The maximum atomic E-state index is 5.99. The van der Waals surface area contributed by atoms with Gasteiger partial charge in [-0.2, -0.15) is 0 Å². The third-order valence-corrected chi connectivity index (χ3v) is 5.08. The van der Waals surface area contributed by atoms with E-state index < -0.39 is 0 Å². The number of allylic oxidation sites excluding steroid dienone is 1. The van der Waals surface area contributed by atoms with Crippen LogP contribution in [0.5, 0.6) is 0 Å². The molecule has 3 nitrogen and oxygen atoms in total. The van der Waals surface area contributed by atoms with Crippen LogP contribution in [0, 0.1) is 11.3 Å². The summed E-state index contributed by atoms with van der Waals surface area (Å²) in [6.45, 7) is 16.9. The topological polar surface area (TPSA) is 24.5 Å². The van der Waals surface area contributed by atoms with Gasteiger partial charge in [0.25, 0.3) is 0 Å². The number of ether oxygens (including phenoxy) is 1. The molecule has 0 unspecified atom stereocenters. The van der Waals surface area contributed by atoms with Gasteiger partial charge in [0, 0.05) is 31.7 Å². The monoisotopic (exact) mass is 308 g/mol. The van der Waals surface area contributed by atoms with E-state index in [1.165, 1.54) is 37.9 Å². The number of piperidine rings is 1. The third kappa shape index (κ3) is 5.36. The van der Waals surface area contributed by atoms with Crippen LogP contribution in [0.4, 0.5) is 0 Å². The van der Waals surface area contributed by atoms with Gasteiger partial charge in [-0.1, -0.05) is 32.4 Å². The molecule has 3 heteroatoms. The Morgan fingerprint density at radius 2 is 1.86 bits per heavy atom. The van der Waals surface area contributed by atoms with Crippen LogP contribution in [-0.4, -0.2) is 49.8 Å². The summed E-state index contributed by atoms with van der Waals surface area (Å²) in [7, 11) is 0. The van der Waals surface area contributed by atoms with Crippen LogP contribution in [0.3, 0.4) is 0 Å². The SMILES string of the molecule is CC(C)=CCN1CCC(NC[C@H]2CCO[C@@H]2C(C)(C)C)CC1. The van der Waals surface area contributed by atoms with Gasteiger partial charge in [0.05, 0.1) is 6.10 Å². The molecule has 0 radical (unpaired) electrons. The van der Waals surface area contributed by atoms with Crippen molar-refractivity contribution in [2.75, 3.05) is 32.8 Å². The molecular formula is C19H36N2O. The average molecular weight is 309 g/mol. The van der Waals surface area contributed by atoms with Crippen molar-refractivity contribution in [1.29, 1.82) is 0 Å². The lowest BCUT2D eigenvalue weighted by atomic mass is 9.81. The first-order valence-electron chi connectivity index (χ1n) is 9.07. The molecule has 0 aromatic carbocycles. The average Bonchev–Trinajstić information content (AvgIpc) is 2.92. The van der Waals surface area contributed by atoms with Crippen LogP contribution in [0.2, 0.25) is 0 Å². The van der Waals surface area contributed by atoms with Gasteiger partial charge in [0.2, 0.25) is 0 Å². The minimum atomic E-state index is 0.260. The van der Waals surface area contributed by atoms with Gasteiger partial charge in [0.15, 0.2) is 0 Å². The summed E-state index contributed by atoms with van der Waals surface area (Å²) >= 11 is 0. The second-order valence-corrected chi connectivity index (χ2v) is 8.47. The number of nitrogens with one attached hydrogen (secondary N) is 1. The van der Waals surface area contributed by atoms with E-state index in [-0.39, 0.29) is 5.41 Å². The maximum Gasteiger partial charge on any atom is 0.0664 e. The molecule has 2 atom stereocenters. The maximum absolute atomic E-state index is 5.99. The zero-order valence-electron chi connectivity index (χ0n) is 15.3. The molecule has 128 valence electrons. The smallest absolute Gasteiger partial charge is 0.0664 e. The summed E-state index contributed by atoms with van der Waals surface area (Å²) in [6, 6.07) is 0.698. The molecule has 0 aromatic rings. The molecule has 0 aromatic heterocycles. The number of likely N-dealkylation sites (tertiary alicyclic amines) is 1. The highest BCUT2D eigenvalue weighted by atomic mass is 16.5. The van der Waals surface area contributed by atoms with E-state index in [1.54, 1.807) is 0 Å². The van der Waals surface area contributed by atoms with Gasteiger partial charge in [-0.25, -0.2) is 0 Å². The minimum absolute atomic E-state index is 0.260. The molecule has 0 spiro atoms. The molecule has 0 saturated carbocycles. The summed E-state index contributed by atoms with van der Waals surface area (Å²) < 4.78 is 5.99. The van der Waals surface area contributed by atoms with Crippen LogP contribution in [0.15, 0.2) is 11.6 Å². The predicted octanol–water partition coefficient (Wildman–Crippen LogP) is 3.46. The second kappa shape index (κ2) is 7.94. The predicted molar refractivity (Wildman–Crippen MR) is 94.2 cm³/mol. The summed E-state index contributed by atoms with van der Waals surface area (Å²) in [5, 5.41) is 3.83. The lowest BCUT2D eigenvalue weighted by molar-refractivity contribution is 0.00640. The molecule has 22 heavy (non-hydrogen) atoms. The Hall–Kier alpha value is -0.380. The van der Waals surface area contributed by atoms with Gasteiger partial charge < -0.3 is 10.1 Å². The summed E-state index contributed by atoms with van der Waals surface area (Å²) in [6.07, 6.45) is 6.54. The quantitative estimate of drug-likeness (QED) is 0.787. The Morgan fingerprint density at radius 3 is 2.45 bits per heavy atom. The van der Waals surface area contributed by atoms with Gasteiger partial charge >= 0.3 is 0 Å². The molecule has 2 aliphatic heterocycles. The minimum Gasteiger partial charge on any atom is -0.377 e. The first kappa shape index (κ1) is 18.0. The molecule has 1 N–H and O–H groups in total. The zero-order valence-corrected chi connectivity index (χ0v) is 15.3. The standard InChI is InChI=1S/C19H36N2O/c1-15(2)6-10-21-11-7-17(8-12-21)20-14-16-9-13-22-18(16)19(3,4)5/h6,16-18,20H,7-14H2,1-5H3/t16-,18+/m1/s1. The molecule has 0 amide bonds. The molecule has 2 heterocycles. The van der Waals surface area contributed by atoms with E-state index in [0.717, 1.165) is 19.7 Å². The fourth-order valence-electron chi connectivity index (χ4n) is 3.75. The number of hydrogen-bond acceptors (Lipinski definition) is 3. The molecule has 2 fully saturated rings. The van der Waals surface area contributed by atoms with Crippen LogP contribution < -0.4 is 5.32 Å². The van der Waals surface area contributed by atoms with Crippen molar-refractivity contribution in [3.8, 4) is 0 Å². The van der Waals surface area contributed by atoms with Gasteiger partial charge in [-0.05, 0) is 51.6 Å². The van der Waals surface area contributed by atoms with E-state index in [1.807, 2.05) is 0 Å². The van der Waals surface area contributed by atoms with Crippen molar-refractivity contribution >= 4 is 0 Å². The van der Waals surface area contributed by atoms with Crippen molar-refractivity contribution < 1.29 is 4.74 Å². The van der Waals surface area contributed by atoms with Gasteiger partial charge in [-0.15, -0.1) is 0 Å². The number of nitrogens with zero attached hydrogens (tertiary/aromatic N) is 1. The molecule has 0 bridgehead atoms. The highest BCUT2D eigenvalue weighted by Gasteiger charge is 2.37. The zero-order chi connectivity index (χ0) is 16.2. The van der Waals surface area contributed by atoms with E-state index in [0.29, 0.717) is 18.1 Å². The Bertz CT molecular complexity index is 360. The molecule has 0 aliphatic carbocycles. The van der Waals surface area contributed by atoms with E-state index in [9.17, 15) is 0 Å². The highest BCUT2D eigenvalue weighted by Crippen LogP contribution is 2.34. The fraction of sp³-hybridized carbons (Fsp3) is 0.895. The molecular weight excluding hydrogens is 272 g/mol. The third-order valence-electron chi connectivity index (χ3n) is 5.08. The van der Waals surface area contributed by atoms with Crippen LogP contribution >= 0.6 is 0 Å². The summed E-state index contributed by atoms with van der Waals surface area (Å²) in [4.78, 5) is 2.57. The Morgan fingerprint density at radius 1 is 1.18 bits per heavy atom. The first-order valence-corrected chi connectivity index (χ1v) is 9.07. The van der Waals surface area contributed by atoms with Crippen molar-refractivity contribution in [2.45, 2.75) is 66.0 Å². The lowest BCUT2D eigenvalue weighted by Crippen LogP contribution is -2.45. The second-order valence-electron chi connectivity index (χ2n) is 8.47. The number of hydrogen-bond donors (Lipinski definition) is 1. The van der Waals surface area contributed by atoms with Crippen molar-refractivity contribution in [3.63, 3.8) is 0 Å². The van der Waals surface area contributed by atoms with Crippen LogP contribution in [0.25, 0.3) is 0 Å². The number of rotatable bonds is 5. The normalized spacial score (nSPS) is 28.0. The lowest BCUT2D eigenvalue weighted by Gasteiger charge is -2.35. The largest absolute Gasteiger partial charge is 0.377 e. The van der Waals surface area contributed by atoms with Gasteiger partial charge in [0.1, 0.15) is 0 Å². The molecule has 2 aliphatic rings. The van der Waals surface area contributed by atoms with Gasteiger partial charge in [-0.3, -0.25) is 4.90 Å². The van der Waals surface area contributed by atoms with Crippen LogP contribution in [0.1, 0.15) is 53.9 Å². The van der Waals surface area contributed by atoms with E-state index >= 15 is 0 Å². The summed E-state index contributed by atoms with van der Waals surface area (Å²) in [5.74, 6) is 0.684. The van der Waals surface area contributed by atoms with Crippen molar-refractivity contribution in [2.24, 2.45) is 11.3 Å². The molecule has 2 saturated heterocycles. The first-order chi connectivity index (χ1) is 10.4. The summed E-state index contributed by atoms with van der Waals surface area (Å²) in [5.41, 5.74) is 1.69.